The Balaban J connectivity index is 0.00000312. The molecule has 1 fully saturated rings. The average molecular weight is 461 g/mol. The zero-order valence-electron chi connectivity index (χ0n) is 15.4. The molecule has 1 aromatic carbocycles. The number of benzene rings is 1. The predicted molar refractivity (Wildman–Crippen MR) is 114 cm³/mol. The van der Waals surface area contributed by atoms with Crippen LogP contribution in [0.25, 0.3) is 0 Å². The third-order valence-electron chi connectivity index (χ3n) is 4.30. The van der Waals surface area contributed by atoms with E-state index in [0.717, 1.165) is 58.1 Å². The minimum absolute atomic E-state index is 0. The Kier molecular flexibility index (Phi) is 11.9. The van der Waals surface area contributed by atoms with Crippen LogP contribution in [0.2, 0.25) is 0 Å². The number of guanidine groups is 1. The predicted octanol–water partition coefficient (Wildman–Crippen LogP) is 3.16. The molecule has 0 saturated carbocycles. The van der Waals surface area contributed by atoms with E-state index in [4.69, 9.17) is 9.47 Å². The van der Waals surface area contributed by atoms with Gasteiger partial charge in [0.15, 0.2) is 5.96 Å². The number of ether oxygens (including phenoxy) is 2. The van der Waals surface area contributed by atoms with Crippen molar-refractivity contribution in [3.63, 3.8) is 0 Å². The lowest BCUT2D eigenvalue weighted by Gasteiger charge is -2.22. The van der Waals surface area contributed by atoms with E-state index in [-0.39, 0.29) is 24.0 Å². The van der Waals surface area contributed by atoms with Crippen molar-refractivity contribution in [3.8, 4) is 0 Å². The standard InChI is InChI=1S/C19H31N3O2.HI/c1-16(17-7-4-3-5-8-17)15-22-19(20-2)21-11-6-12-24-18-9-13-23-14-10-18;/h3-5,7-8,16,18H,6,9-15H2,1-2H3,(H2,20,21,22);1H. The van der Waals surface area contributed by atoms with Gasteiger partial charge in [0, 0.05) is 40.0 Å². The maximum Gasteiger partial charge on any atom is 0.190 e. The molecule has 142 valence electrons. The normalized spacial score (nSPS) is 16.8. The number of aliphatic imine (C=N–C) groups is 1. The van der Waals surface area contributed by atoms with E-state index in [9.17, 15) is 0 Å². The molecule has 0 spiro atoms. The number of halogens is 1. The van der Waals surface area contributed by atoms with E-state index in [1.807, 2.05) is 6.07 Å². The van der Waals surface area contributed by atoms with E-state index in [1.165, 1.54) is 5.56 Å². The van der Waals surface area contributed by atoms with E-state index in [2.05, 4.69) is 46.8 Å². The van der Waals surface area contributed by atoms with E-state index >= 15 is 0 Å². The molecule has 0 bridgehead atoms. The highest BCUT2D eigenvalue weighted by Crippen LogP contribution is 2.13. The van der Waals surface area contributed by atoms with Crippen molar-refractivity contribution < 1.29 is 9.47 Å². The summed E-state index contributed by atoms with van der Waals surface area (Å²) < 4.78 is 11.2. The van der Waals surface area contributed by atoms with E-state index in [1.54, 1.807) is 7.05 Å². The minimum Gasteiger partial charge on any atom is -0.381 e. The second kappa shape index (κ2) is 13.4. The van der Waals surface area contributed by atoms with Crippen LogP contribution in [0.1, 0.15) is 37.7 Å². The zero-order chi connectivity index (χ0) is 17.0. The zero-order valence-corrected chi connectivity index (χ0v) is 17.7. The van der Waals surface area contributed by atoms with Crippen molar-refractivity contribution in [2.45, 2.75) is 38.2 Å². The maximum atomic E-state index is 5.87. The lowest BCUT2D eigenvalue weighted by molar-refractivity contribution is -0.0320. The van der Waals surface area contributed by atoms with Crippen molar-refractivity contribution in [3.05, 3.63) is 35.9 Å². The first kappa shape index (κ1) is 22.2. The Morgan fingerprint density at radius 2 is 1.96 bits per heavy atom. The fourth-order valence-corrected chi connectivity index (χ4v) is 2.74. The molecule has 1 aliphatic rings. The number of hydrogen-bond donors (Lipinski definition) is 2. The molecule has 2 N–H and O–H groups in total. The van der Waals surface area contributed by atoms with E-state index in [0.29, 0.717) is 12.0 Å². The molecule has 0 radical (unpaired) electrons. The summed E-state index contributed by atoms with van der Waals surface area (Å²) in [6.07, 6.45) is 3.40. The lowest BCUT2D eigenvalue weighted by atomic mass is 10.0. The van der Waals surface area contributed by atoms with Crippen molar-refractivity contribution in [1.82, 2.24) is 10.6 Å². The Morgan fingerprint density at radius 3 is 2.64 bits per heavy atom. The second-order valence-corrected chi connectivity index (χ2v) is 6.23. The average Bonchev–Trinajstić information content (AvgIpc) is 2.65. The Morgan fingerprint density at radius 1 is 1.24 bits per heavy atom. The highest BCUT2D eigenvalue weighted by Gasteiger charge is 2.13. The van der Waals surface area contributed by atoms with Gasteiger partial charge < -0.3 is 20.1 Å². The molecule has 1 atom stereocenters. The number of rotatable bonds is 8. The summed E-state index contributed by atoms with van der Waals surface area (Å²) in [5.74, 6) is 1.30. The van der Waals surface area contributed by atoms with Gasteiger partial charge in [-0.25, -0.2) is 0 Å². The van der Waals surface area contributed by atoms with Gasteiger partial charge in [0.1, 0.15) is 0 Å². The quantitative estimate of drug-likeness (QED) is 0.270. The summed E-state index contributed by atoms with van der Waals surface area (Å²) in [5, 5.41) is 6.74. The third-order valence-corrected chi connectivity index (χ3v) is 4.30. The highest BCUT2D eigenvalue weighted by molar-refractivity contribution is 14.0. The monoisotopic (exact) mass is 461 g/mol. The molecule has 1 saturated heterocycles. The molecule has 6 heteroatoms. The molecule has 1 aromatic rings. The van der Waals surface area contributed by atoms with Crippen LogP contribution in [0.4, 0.5) is 0 Å². The summed E-state index contributed by atoms with van der Waals surface area (Å²) in [6, 6.07) is 10.5. The van der Waals surface area contributed by atoms with Crippen LogP contribution in [-0.4, -0.2) is 52.0 Å². The van der Waals surface area contributed by atoms with Gasteiger partial charge in [-0.15, -0.1) is 24.0 Å². The van der Waals surface area contributed by atoms with Crippen molar-refractivity contribution in [2.24, 2.45) is 4.99 Å². The SMILES string of the molecule is CN=C(NCCCOC1CCOCC1)NCC(C)c1ccccc1.I. The lowest BCUT2D eigenvalue weighted by Crippen LogP contribution is -2.39. The van der Waals surface area contributed by atoms with Crippen molar-refractivity contribution >= 4 is 29.9 Å². The van der Waals surface area contributed by atoms with Crippen LogP contribution in [0.5, 0.6) is 0 Å². The second-order valence-electron chi connectivity index (χ2n) is 6.23. The summed E-state index contributed by atoms with van der Waals surface area (Å²) in [6.45, 7) is 6.40. The van der Waals surface area contributed by atoms with Crippen molar-refractivity contribution in [2.75, 3.05) is 40.0 Å². The Hall–Kier alpha value is -0.860. The van der Waals surface area contributed by atoms with Gasteiger partial charge in [0.05, 0.1) is 6.10 Å². The first-order valence-electron chi connectivity index (χ1n) is 8.98. The molecule has 25 heavy (non-hydrogen) atoms. The van der Waals surface area contributed by atoms with Crippen LogP contribution in [0.15, 0.2) is 35.3 Å². The molecule has 1 unspecified atom stereocenters. The first-order chi connectivity index (χ1) is 11.8. The molecule has 5 nitrogen and oxygen atoms in total. The Labute approximate surface area is 169 Å². The summed E-state index contributed by atoms with van der Waals surface area (Å²) in [5.41, 5.74) is 1.34. The van der Waals surface area contributed by atoms with Crippen LogP contribution >= 0.6 is 24.0 Å². The molecule has 1 aliphatic heterocycles. The molecule has 0 aliphatic carbocycles. The van der Waals surface area contributed by atoms with E-state index < -0.39 is 0 Å². The van der Waals surface area contributed by atoms with Gasteiger partial charge in [-0.3, -0.25) is 4.99 Å². The van der Waals surface area contributed by atoms with Crippen molar-refractivity contribution in [1.29, 1.82) is 0 Å². The summed E-state index contributed by atoms with van der Waals surface area (Å²) in [7, 11) is 1.81. The van der Waals surface area contributed by atoms with Gasteiger partial charge in [-0.05, 0) is 30.7 Å². The van der Waals surface area contributed by atoms with Gasteiger partial charge in [0.25, 0.3) is 0 Å². The van der Waals surface area contributed by atoms with Crippen LogP contribution < -0.4 is 10.6 Å². The Bertz CT molecular complexity index is 479. The first-order valence-corrected chi connectivity index (χ1v) is 8.98. The topological polar surface area (TPSA) is 54.9 Å². The summed E-state index contributed by atoms with van der Waals surface area (Å²) in [4.78, 5) is 4.28. The fraction of sp³-hybridized carbons (Fsp3) is 0.632. The van der Waals surface area contributed by atoms with Gasteiger partial charge >= 0.3 is 0 Å². The fourth-order valence-electron chi connectivity index (χ4n) is 2.74. The molecular weight excluding hydrogens is 429 g/mol. The molecule has 0 aromatic heterocycles. The largest absolute Gasteiger partial charge is 0.381 e. The van der Waals surface area contributed by atoms with Gasteiger partial charge in [-0.2, -0.15) is 0 Å². The van der Waals surface area contributed by atoms with Crippen LogP contribution in [0, 0.1) is 0 Å². The smallest absolute Gasteiger partial charge is 0.190 e. The van der Waals surface area contributed by atoms with Crippen LogP contribution in [0.3, 0.4) is 0 Å². The number of nitrogens with zero attached hydrogens (tertiary/aromatic N) is 1. The maximum absolute atomic E-state index is 5.87. The van der Waals surface area contributed by atoms with Gasteiger partial charge in [-0.1, -0.05) is 37.3 Å². The molecular formula is C19H32IN3O2. The van der Waals surface area contributed by atoms with Crippen LogP contribution in [-0.2, 0) is 9.47 Å². The minimum atomic E-state index is 0. The number of nitrogens with one attached hydrogen (secondary N) is 2. The van der Waals surface area contributed by atoms with Gasteiger partial charge in [0.2, 0.25) is 0 Å². The summed E-state index contributed by atoms with van der Waals surface area (Å²) >= 11 is 0. The number of hydrogen-bond acceptors (Lipinski definition) is 3. The third kappa shape index (κ3) is 8.87. The molecule has 2 rings (SSSR count). The highest BCUT2D eigenvalue weighted by atomic mass is 127. The molecule has 0 amide bonds. The molecule has 1 heterocycles.